The van der Waals surface area contributed by atoms with Crippen molar-refractivity contribution in [3.63, 3.8) is 0 Å². The van der Waals surface area contributed by atoms with E-state index in [0.29, 0.717) is 31.6 Å². The number of hydrogen-bond acceptors (Lipinski definition) is 5. The van der Waals surface area contributed by atoms with Gasteiger partial charge in [-0.1, -0.05) is 24.0 Å². The van der Waals surface area contributed by atoms with Crippen molar-refractivity contribution < 1.29 is 14.6 Å². The topological polar surface area (TPSA) is 49.8 Å². The quantitative estimate of drug-likeness (QED) is 0.551. The fourth-order valence-electron chi connectivity index (χ4n) is 1.69. The van der Waals surface area contributed by atoms with Gasteiger partial charge in [0.2, 0.25) is 0 Å². The molecular weight excluding hydrogens is 442 g/mol. The van der Waals surface area contributed by atoms with Gasteiger partial charge in [-0.05, 0) is 50.9 Å². The zero-order valence-electron chi connectivity index (χ0n) is 11.1. The van der Waals surface area contributed by atoms with Crippen molar-refractivity contribution in [2.45, 2.75) is 6.92 Å². The number of carbonyl (C=O) groups excluding carboxylic acids is 1. The summed E-state index contributed by atoms with van der Waals surface area (Å²) in [6.45, 7) is 2.26. The molecular formula is C13H11Br2NO3S2. The molecule has 4 nitrogen and oxygen atoms in total. The van der Waals surface area contributed by atoms with Gasteiger partial charge < -0.3 is 9.84 Å². The molecule has 0 atom stereocenters. The third-order valence-corrected chi connectivity index (χ3v) is 6.25. The highest BCUT2D eigenvalue weighted by atomic mass is 79.9. The standard InChI is InChI=1S/C13H11Br2NO3S2/c1-3-19-8-5-7(14)10(15)6(11(8)17)4-9-12(18)16(2)13(20)21-9/h4-5,17H,3H2,1-2H3/b9-4+. The summed E-state index contributed by atoms with van der Waals surface area (Å²) in [6, 6.07) is 1.67. The molecule has 0 radical (unpaired) electrons. The van der Waals surface area contributed by atoms with E-state index in [9.17, 15) is 9.90 Å². The van der Waals surface area contributed by atoms with E-state index in [0.717, 1.165) is 4.47 Å². The van der Waals surface area contributed by atoms with E-state index in [-0.39, 0.29) is 11.7 Å². The highest BCUT2D eigenvalue weighted by Crippen LogP contribution is 2.43. The number of ether oxygens (including phenoxy) is 1. The van der Waals surface area contributed by atoms with Crippen LogP contribution < -0.4 is 4.74 Å². The van der Waals surface area contributed by atoms with E-state index in [4.69, 9.17) is 17.0 Å². The Balaban J connectivity index is 2.54. The Morgan fingerprint density at radius 2 is 2.19 bits per heavy atom. The van der Waals surface area contributed by atoms with Gasteiger partial charge in [0.1, 0.15) is 4.32 Å². The number of likely N-dealkylation sites (N-methyl/N-ethyl adjacent to an activating group) is 1. The van der Waals surface area contributed by atoms with Crippen molar-refractivity contribution >= 4 is 72.1 Å². The van der Waals surface area contributed by atoms with Crippen LogP contribution in [-0.4, -0.2) is 33.9 Å². The smallest absolute Gasteiger partial charge is 0.265 e. The van der Waals surface area contributed by atoms with E-state index >= 15 is 0 Å². The molecule has 1 aliphatic rings. The van der Waals surface area contributed by atoms with Crippen LogP contribution in [-0.2, 0) is 4.79 Å². The largest absolute Gasteiger partial charge is 0.504 e. The van der Waals surface area contributed by atoms with Crippen LogP contribution >= 0.6 is 55.8 Å². The maximum atomic E-state index is 12.0. The lowest BCUT2D eigenvalue weighted by molar-refractivity contribution is -0.121. The average Bonchev–Trinajstić information content (AvgIpc) is 2.68. The number of thiocarbonyl (C=S) groups is 1. The predicted octanol–water partition coefficient (Wildman–Crippen LogP) is 4.15. The lowest BCUT2D eigenvalue weighted by Gasteiger charge is -2.12. The Kier molecular flexibility index (Phi) is 5.34. The van der Waals surface area contributed by atoms with E-state index in [1.807, 2.05) is 6.92 Å². The molecule has 8 heteroatoms. The number of benzene rings is 1. The van der Waals surface area contributed by atoms with Crippen LogP contribution in [0.25, 0.3) is 6.08 Å². The number of phenols is 1. The molecule has 1 aromatic carbocycles. The molecule has 1 fully saturated rings. The molecule has 0 aromatic heterocycles. The number of carbonyl (C=O) groups is 1. The number of rotatable bonds is 3. The second kappa shape index (κ2) is 6.68. The van der Waals surface area contributed by atoms with E-state index in [1.54, 1.807) is 19.2 Å². The lowest BCUT2D eigenvalue weighted by atomic mass is 10.1. The van der Waals surface area contributed by atoms with Crippen LogP contribution in [0, 0.1) is 0 Å². The average molecular weight is 453 g/mol. The molecule has 1 amide bonds. The van der Waals surface area contributed by atoms with Gasteiger partial charge in [0.25, 0.3) is 5.91 Å². The Hall–Kier alpha value is -0.570. The number of aromatic hydroxyl groups is 1. The van der Waals surface area contributed by atoms with Crippen LogP contribution in [0.1, 0.15) is 12.5 Å². The molecule has 1 aromatic rings. The van der Waals surface area contributed by atoms with Gasteiger partial charge in [0.05, 0.1) is 11.5 Å². The molecule has 1 saturated heterocycles. The summed E-state index contributed by atoms with van der Waals surface area (Å²) in [5.74, 6) is 0.147. The van der Waals surface area contributed by atoms with Crippen molar-refractivity contribution in [3.8, 4) is 11.5 Å². The number of amides is 1. The maximum absolute atomic E-state index is 12.0. The Morgan fingerprint density at radius 3 is 2.71 bits per heavy atom. The van der Waals surface area contributed by atoms with Gasteiger partial charge in [-0.15, -0.1) is 0 Å². The number of phenolic OH excluding ortho intramolecular Hbond substituents is 1. The normalized spacial score (nSPS) is 17.0. The first-order valence-electron chi connectivity index (χ1n) is 5.92. The van der Waals surface area contributed by atoms with Gasteiger partial charge >= 0.3 is 0 Å². The third kappa shape index (κ3) is 3.28. The SMILES string of the molecule is CCOc1cc(Br)c(Br)c(/C=C2/SC(=S)N(C)C2=O)c1O. The second-order valence-electron chi connectivity index (χ2n) is 4.11. The Bertz CT molecular complexity index is 661. The number of nitrogens with zero attached hydrogens (tertiary/aromatic N) is 1. The molecule has 1 N–H and O–H groups in total. The highest BCUT2D eigenvalue weighted by molar-refractivity contribution is 9.13. The zero-order chi connectivity index (χ0) is 15.7. The van der Waals surface area contributed by atoms with E-state index in [1.165, 1.54) is 16.7 Å². The van der Waals surface area contributed by atoms with Crippen LogP contribution in [0.4, 0.5) is 0 Å². The predicted molar refractivity (Wildman–Crippen MR) is 95.6 cm³/mol. The van der Waals surface area contributed by atoms with Crippen molar-refractivity contribution in [1.29, 1.82) is 0 Å². The van der Waals surface area contributed by atoms with Crippen LogP contribution in [0.2, 0.25) is 0 Å². The summed E-state index contributed by atoms with van der Waals surface area (Å²) < 4.78 is 7.24. The highest BCUT2D eigenvalue weighted by Gasteiger charge is 2.29. The summed E-state index contributed by atoms with van der Waals surface area (Å²) in [5, 5.41) is 10.3. The van der Waals surface area contributed by atoms with Gasteiger partial charge in [-0.2, -0.15) is 0 Å². The molecule has 1 aliphatic heterocycles. The van der Waals surface area contributed by atoms with Crippen molar-refractivity contribution in [3.05, 3.63) is 25.5 Å². The summed E-state index contributed by atoms with van der Waals surface area (Å²) in [5.41, 5.74) is 0.474. The fraction of sp³-hybridized carbons (Fsp3) is 0.231. The maximum Gasteiger partial charge on any atom is 0.265 e. The van der Waals surface area contributed by atoms with Crippen LogP contribution in [0.15, 0.2) is 19.9 Å². The molecule has 0 aliphatic carbocycles. The molecule has 0 spiro atoms. The molecule has 0 saturated carbocycles. The summed E-state index contributed by atoms with van der Waals surface area (Å²) in [7, 11) is 1.62. The first-order valence-corrected chi connectivity index (χ1v) is 8.73. The first-order chi connectivity index (χ1) is 9.86. The zero-order valence-corrected chi connectivity index (χ0v) is 16.0. The fourth-order valence-corrected chi connectivity index (χ4v) is 3.69. The van der Waals surface area contributed by atoms with Crippen molar-refractivity contribution in [2.75, 3.05) is 13.7 Å². The third-order valence-electron chi connectivity index (χ3n) is 2.75. The summed E-state index contributed by atoms with van der Waals surface area (Å²) in [6.07, 6.45) is 1.61. The second-order valence-corrected chi connectivity index (χ2v) is 7.43. The van der Waals surface area contributed by atoms with E-state index in [2.05, 4.69) is 31.9 Å². The summed E-state index contributed by atoms with van der Waals surface area (Å²) in [4.78, 5) is 13.9. The van der Waals surface area contributed by atoms with Gasteiger partial charge in [0, 0.05) is 21.6 Å². The minimum atomic E-state index is -0.186. The summed E-state index contributed by atoms with van der Waals surface area (Å²) >= 11 is 13.1. The Labute approximate surface area is 148 Å². The van der Waals surface area contributed by atoms with E-state index < -0.39 is 0 Å². The monoisotopic (exact) mass is 451 g/mol. The van der Waals surface area contributed by atoms with Crippen LogP contribution in [0.3, 0.4) is 0 Å². The molecule has 2 rings (SSSR count). The number of hydrogen-bond donors (Lipinski definition) is 1. The molecule has 0 unspecified atom stereocenters. The molecule has 0 bridgehead atoms. The van der Waals surface area contributed by atoms with Gasteiger partial charge in [-0.25, -0.2) is 0 Å². The van der Waals surface area contributed by atoms with Crippen molar-refractivity contribution in [2.24, 2.45) is 0 Å². The molecule has 21 heavy (non-hydrogen) atoms. The van der Waals surface area contributed by atoms with Crippen LogP contribution in [0.5, 0.6) is 11.5 Å². The number of thioether (sulfide) groups is 1. The minimum absolute atomic E-state index is 0.0201. The molecule has 112 valence electrons. The lowest BCUT2D eigenvalue weighted by Crippen LogP contribution is -2.22. The van der Waals surface area contributed by atoms with Crippen molar-refractivity contribution in [1.82, 2.24) is 4.90 Å². The number of halogens is 2. The van der Waals surface area contributed by atoms with Gasteiger partial charge in [0.15, 0.2) is 11.5 Å². The Morgan fingerprint density at radius 1 is 1.52 bits per heavy atom. The van der Waals surface area contributed by atoms with Gasteiger partial charge in [-0.3, -0.25) is 9.69 Å². The molecule has 1 heterocycles. The first kappa shape index (κ1) is 16.8. The minimum Gasteiger partial charge on any atom is -0.504 e.